The molecule has 0 atom stereocenters. The molecule has 0 unspecified atom stereocenters. The minimum Gasteiger partial charge on any atom is -0.0887 e. The van der Waals surface area contributed by atoms with Gasteiger partial charge in [0, 0.05) is 0 Å². The van der Waals surface area contributed by atoms with Gasteiger partial charge in [0.25, 0.3) is 0 Å². The SMILES string of the molecule is C=P(c1ccccc1)(c1ccccc1)c1ccc(-c2ccc(P(=C)(c3ccccc3)c3ccccc3)cc2)cc1. The maximum absolute atomic E-state index is 4.89. The van der Waals surface area contributed by atoms with Gasteiger partial charge in [0.2, 0.25) is 0 Å². The molecule has 40 heavy (non-hydrogen) atoms. The van der Waals surface area contributed by atoms with Crippen LogP contribution in [0.2, 0.25) is 0 Å². The largest absolute Gasteiger partial charge is 0.0887 e. The van der Waals surface area contributed by atoms with Crippen LogP contribution in [0.15, 0.2) is 170 Å². The summed E-state index contributed by atoms with van der Waals surface area (Å²) < 4.78 is 0. The second kappa shape index (κ2) is 11.2. The van der Waals surface area contributed by atoms with Crippen LogP contribution in [0.4, 0.5) is 0 Å². The molecule has 0 heterocycles. The average Bonchev–Trinajstić information content (AvgIpc) is 3.06. The Hall–Kier alpha value is -4.08. The van der Waals surface area contributed by atoms with Crippen LogP contribution in [0.1, 0.15) is 0 Å². The van der Waals surface area contributed by atoms with Gasteiger partial charge in [-0.05, 0) is 56.7 Å². The van der Waals surface area contributed by atoms with Gasteiger partial charge in [-0.1, -0.05) is 182 Å². The van der Waals surface area contributed by atoms with Crippen LogP contribution in [-0.2, 0) is 0 Å². The van der Waals surface area contributed by atoms with Crippen molar-refractivity contribution in [3.05, 3.63) is 170 Å². The van der Waals surface area contributed by atoms with E-state index in [4.69, 9.17) is 12.6 Å². The fraction of sp³-hybridized carbons (Fsp3) is 0. The first-order valence-electron chi connectivity index (χ1n) is 13.5. The lowest BCUT2D eigenvalue weighted by molar-refractivity contribution is 1.65. The van der Waals surface area contributed by atoms with Crippen LogP contribution in [-0.4, -0.2) is 12.6 Å². The molecule has 194 valence electrons. The van der Waals surface area contributed by atoms with E-state index in [0.717, 1.165) is 0 Å². The van der Waals surface area contributed by atoms with Crippen molar-refractivity contribution in [1.82, 2.24) is 0 Å². The fourth-order valence-corrected chi connectivity index (χ4v) is 11.3. The van der Waals surface area contributed by atoms with Crippen molar-refractivity contribution < 1.29 is 0 Å². The summed E-state index contributed by atoms with van der Waals surface area (Å²) in [5.74, 6) is 0. The quantitative estimate of drug-likeness (QED) is 0.192. The monoisotopic (exact) mass is 550 g/mol. The zero-order chi connectivity index (χ0) is 27.4. The van der Waals surface area contributed by atoms with Crippen LogP contribution >= 0.6 is 13.8 Å². The molecule has 0 saturated heterocycles. The fourth-order valence-electron chi connectivity index (χ4n) is 5.44. The summed E-state index contributed by atoms with van der Waals surface area (Å²) in [4.78, 5) is 0. The van der Waals surface area contributed by atoms with E-state index in [-0.39, 0.29) is 0 Å². The van der Waals surface area contributed by atoms with E-state index in [0.29, 0.717) is 0 Å². The molecule has 0 fully saturated rings. The second-order valence-electron chi connectivity index (χ2n) is 10.1. The Kier molecular flexibility index (Phi) is 7.32. The third-order valence-corrected chi connectivity index (χ3v) is 14.8. The molecule has 6 aromatic rings. The van der Waals surface area contributed by atoms with Crippen molar-refractivity contribution in [2.75, 3.05) is 0 Å². The standard InChI is InChI=1S/C38H32P2/c1-39(33-15-7-3-8-16-33,34-17-9-4-10-18-34)37-27-23-31(24-28-37)32-25-29-38(30-26-32)40(2,35-19-11-5-12-20-35)36-21-13-6-14-22-36/h3-30H,1-2H2. The molecule has 6 aromatic carbocycles. The van der Waals surface area contributed by atoms with Crippen molar-refractivity contribution >= 4 is 58.2 Å². The van der Waals surface area contributed by atoms with Crippen molar-refractivity contribution in [2.24, 2.45) is 0 Å². The first-order chi connectivity index (χ1) is 19.6. The summed E-state index contributed by atoms with van der Waals surface area (Å²) in [6.07, 6.45) is 9.77. The highest BCUT2D eigenvalue weighted by molar-refractivity contribution is 7.93. The predicted octanol–water partition coefficient (Wildman–Crippen LogP) is 6.81. The molecule has 0 amide bonds. The molecule has 0 spiro atoms. The lowest BCUT2D eigenvalue weighted by Crippen LogP contribution is -2.25. The maximum Gasteiger partial charge on any atom is -0.0165 e. The summed E-state index contributed by atoms with van der Waals surface area (Å²) in [6, 6.07) is 61.0. The van der Waals surface area contributed by atoms with Crippen molar-refractivity contribution in [2.45, 2.75) is 0 Å². The van der Waals surface area contributed by atoms with Crippen LogP contribution in [0.3, 0.4) is 0 Å². The van der Waals surface area contributed by atoms with E-state index in [1.165, 1.54) is 43.0 Å². The Balaban J connectivity index is 1.37. The molecule has 0 aromatic heterocycles. The molecule has 0 aliphatic heterocycles. The van der Waals surface area contributed by atoms with Gasteiger partial charge < -0.3 is 0 Å². The van der Waals surface area contributed by atoms with E-state index in [2.05, 4.69) is 170 Å². The first kappa shape index (κ1) is 26.2. The summed E-state index contributed by atoms with van der Waals surface area (Å²) in [7, 11) is 0. The highest BCUT2D eigenvalue weighted by Crippen LogP contribution is 2.43. The number of rotatable bonds is 7. The Bertz CT molecular complexity index is 1560. The Morgan fingerprint density at radius 2 is 0.450 bits per heavy atom. The molecule has 6 rings (SSSR count). The minimum absolute atomic E-state index is 1.20. The molecular weight excluding hydrogens is 518 g/mol. The zero-order valence-corrected chi connectivity index (χ0v) is 24.3. The van der Waals surface area contributed by atoms with E-state index in [1.54, 1.807) is 0 Å². The average molecular weight is 551 g/mol. The Morgan fingerprint density at radius 3 is 0.675 bits per heavy atom. The van der Waals surface area contributed by atoms with Crippen LogP contribution < -0.4 is 31.8 Å². The Labute approximate surface area is 238 Å². The van der Waals surface area contributed by atoms with Crippen molar-refractivity contribution in [3.8, 4) is 11.1 Å². The molecule has 0 nitrogen and oxygen atoms in total. The molecule has 0 bridgehead atoms. The van der Waals surface area contributed by atoms with Gasteiger partial charge in [0.1, 0.15) is 0 Å². The lowest BCUT2D eigenvalue weighted by Gasteiger charge is -2.27. The number of hydrogen-bond acceptors (Lipinski definition) is 0. The van der Waals surface area contributed by atoms with Gasteiger partial charge in [-0.2, -0.15) is 0 Å². The predicted molar refractivity (Wildman–Crippen MR) is 184 cm³/mol. The van der Waals surface area contributed by atoms with Crippen LogP contribution in [0.25, 0.3) is 11.1 Å². The molecule has 0 N–H and O–H groups in total. The van der Waals surface area contributed by atoms with Gasteiger partial charge in [-0.25, -0.2) is 0 Å². The van der Waals surface area contributed by atoms with Crippen LogP contribution in [0.5, 0.6) is 0 Å². The first-order valence-corrected chi connectivity index (χ1v) is 17.5. The molecule has 2 heteroatoms. The van der Waals surface area contributed by atoms with Gasteiger partial charge in [-0.3, -0.25) is 0 Å². The highest BCUT2D eigenvalue weighted by atomic mass is 31.2. The number of hydrogen-bond donors (Lipinski definition) is 0. The third kappa shape index (κ3) is 4.76. The molecular formula is C38H32P2. The second-order valence-corrected chi connectivity index (χ2v) is 16.4. The topological polar surface area (TPSA) is 0 Å². The summed E-state index contributed by atoms with van der Waals surface area (Å²) >= 11 is 0. The maximum atomic E-state index is 4.89. The minimum atomic E-state index is -1.99. The van der Waals surface area contributed by atoms with E-state index in [1.807, 2.05) is 0 Å². The lowest BCUT2D eigenvalue weighted by atomic mass is 10.1. The van der Waals surface area contributed by atoms with Gasteiger partial charge >= 0.3 is 0 Å². The van der Waals surface area contributed by atoms with Gasteiger partial charge in [0.05, 0.1) is 0 Å². The summed E-state index contributed by atoms with van der Waals surface area (Å²) in [6.45, 7) is -3.98. The molecule has 0 saturated carbocycles. The molecule has 0 aliphatic carbocycles. The summed E-state index contributed by atoms with van der Waals surface area (Å²) in [5, 5.41) is 7.71. The number of benzene rings is 6. The van der Waals surface area contributed by atoms with Gasteiger partial charge in [-0.15, -0.1) is 0 Å². The highest BCUT2D eigenvalue weighted by Gasteiger charge is 2.23. The van der Waals surface area contributed by atoms with Crippen LogP contribution in [0, 0.1) is 0 Å². The molecule has 0 radical (unpaired) electrons. The molecule has 0 aliphatic rings. The third-order valence-electron chi connectivity index (χ3n) is 7.74. The van der Waals surface area contributed by atoms with E-state index in [9.17, 15) is 0 Å². The normalized spacial score (nSPS) is 11.7. The van der Waals surface area contributed by atoms with Crippen molar-refractivity contribution in [3.63, 3.8) is 0 Å². The van der Waals surface area contributed by atoms with E-state index < -0.39 is 13.8 Å². The summed E-state index contributed by atoms with van der Waals surface area (Å²) in [5.41, 5.74) is 2.41. The van der Waals surface area contributed by atoms with Crippen molar-refractivity contribution in [1.29, 1.82) is 0 Å². The van der Waals surface area contributed by atoms with Gasteiger partial charge in [0.15, 0.2) is 0 Å². The Morgan fingerprint density at radius 1 is 0.250 bits per heavy atom. The van der Waals surface area contributed by atoms with E-state index >= 15 is 0 Å². The smallest absolute Gasteiger partial charge is 0.0165 e. The zero-order valence-electron chi connectivity index (χ0n) is 22.5.